The van der Waals surface area contributed by atoms with Gasteiger partial charge in [0, 0.05) is 32.7 Å². The molecule has 0 radical (unpaired) electrons. The van der Waals surface area contributed by atoms with Crippen LogP contribution < -0.4 is 5.32 Å². The van der Waals surface area contributed by atoms with Gasteiger partial charge < -0.3 is 10.2 Å². The maximum Gasteiger partial charge on any atom is 0.401 e. The van der Waals surface area contributed by atoms with Crippen molar-refractivity contribution in [3.63, 3.8) is 0 Å². The smallest absolute Gasteiger partial charge is 0.357 e. The summed E-state index contributed by atoms with van der Waals surface area (Å²) in [6, 6.07) is 0. The summed E-state index contributed by atoms with van der Waals surface area (Å²) in [5, 5.41) is 3.39. The van der Waals surface area contributed by atoms with E-state index in [-0.39, 0.29) is 29.9 Å². The monoisotopic (exact) mass is 488 g/mol. The second-order valence-electron chi connectivity index (χ2n) is 8.08. The van der Waals surface area contributed by atoms with E-state index in [1.807, 2.05) is 0 Å². The van der Waals surface area contributed by atoms with E-state index in [2.05, 4.69) is 17.1 Å². The van der Waals surface area contributed by atoms with E-state index in [1.165, 1.54) is 37.0 Å². The third-order valence-electron chi connectivity index (χ3n) is 6.01. The summed E-state index contributed by atoms with van der Waals surface area (Å²) in [7, 11) is 0. The number of nitrogens with zero attached hydrogens (tertiary/aromatic N) is 3. The molecule has 2 heterocycles. The second kappa shape index (κ2) is 9.30. The van der Waals surface area contributed by atoms with Crippen LogP contribution in [-0.4, -0.2) is 67.7 Å². The first-order valence-electron chi connectivity index (χ1n) is 9.71. The molecular weight excluding hydrogens is 456 g/mol. The summed E-state index contributed by atoms with van der Waals surface area (Å²) in [5.74, 6) is 1.19. The first-order chi connectivity index (χ1) is 11.9. The van der Waals surface area contributed by atoms with Gasteiger partial charge in [-0.15, -0.1) is 24.0 Å². The molecule has 152 valence electrons. The Morgan fingerprint density at radius 3 is 2.58 bits per heavy atom. The van der Waals surface area contributed by atoms with Crippen molar-refractivity contribution < 1.29 is 13.2 Å². The van der Waals surface area contributed by atoms with Gasteiger partial charge in [-0.1, -0.05) is 12.8 Å². The number of hydrogen-bond donors (Lipinski definition) is 1. The lowest BCUT2D eigenvalue weighted by Gasteiger charge is -2.26. The fourth-order valence-corrected chi connectivity index (χ4v) is 4.75. The molecule has 1 unspecified atom stereocenters. The summed E-state index contributed by atoms with van der Waals surface area (Å²) >= 11 is 0. The highest BCUT2D eigenvalue weighted by molar-refractivity contribution is 14.0. The van der Waals surface area contributed by atoms with E-state index in [9.17, 15) is 13.2 Å². The van der Waals surface area contributed by atoms with Crippen molar-refractivity contribution in [2.75, 3.05) is 45.8 Å². The van der Waals surface area contributed by atoms with Gasteiger partial charge in [0.2, 0.25) is 0 Å². The summed E-state index contributed by atoms with van der Waals surface area (Å²) in [6.07, 6.45) is 3.31. The third-order valence-corrected chi connectivity index (χ3v) is 6.01. The van der Waals surface area contributed by atoms with E-state index in [0.717, 1.165) is 32.0 Å². The predicted octanol–water partition coefficient (Wildman–Crippen LogP) is 3.72. The zero-order chi connectivity index (χ0) is 17.9. The van der Waals surface area contributed by atoms with Crippen molar-refractivity contribution in [1.29, 1.82) is 0 Å². The van der Waals surface area contributed by atoms with Crippen molar-refractivity contribution in [2.45, 2.75) is 51.6 Å². The molecule has 3 rings (SSSR count). The minimum absolute atomic E-state index is 0. The summed E-state index contributed by atoms with van der Waals surface area (Å²) in [4.78, 5) is 8.67. The highest BCUT2D eigenvalue weighted by Crippen LogP contribution is 2.45. The SMILES string of the molecule is CCNC(=NCC1CCN(CC(F)(F)F)C1)N1CCC2(CCCC2)C1.I. The summed E-state index contributed by atoms with van der Waals surface area (Å²) < 4.78 is 37.5. The lowest BCUT2D eigenvalue weighted by molar-refractivity contribution is -0.143. The molecule has 0 bridgehead atoms. The molecule has 0 aromatic rings. The van der Waals surface area contributed by atoms with Gasteiger partial charge in [-0.3, -0.25) is 9.89 Å². The van der Waals surface area contributed by atoms with Crippen molar-refractivity contribution in [3.05, 3.63) is 0 Å². The molecule has 4 nitrogen and oxygen atoms in total. The van der Waals surface area contributed by atoms with Crippen LogP contribution >= 0.6 is 24.0 Å². The fourth-order valence-electron chi connectivity index (χ4n) is 4.75. The Hall–Kier alpha value is -0.250. The quantitative estimate of drug-likeness (QED) is 0.372. The van der Waals surface area contributed by atoms with Crippen molar-refractivity contribution in [2.24, 2.45) is 16.3 Å². The first-order valence-corrected chi connectivity index (χ1v) is 9.71. The molecule has 2 saturated heterocycles. The number of aliphatic imine (C=N–C) groups is 1. The van der Waals surface area contributed by atoms with E-state index >= 15 is 0 Å². The van der Waals surface area contributed by atoms with Crippen LogP contribution in [0.5, 0.6) is 0 Å². The minimum atomic E-state index is -4.10. The molecular formula is C18H32F3IN4. The van der Waals surface area contributed by atoms with Gasteiger partial charge >= 0.3 is 6.18 Å². The van der Waals surface area contributed by atoms with E-state index in [0.29, 0.717) is 25.0 Å². The van der Waals surface area contributed by atoms with Crippen LogP contribution in [0.15, 0.2) is 4.99 Å². The zero-order valence-corrected chi connectivity index (χ0v) is 18.0. The van der Waals surface area contributed by atoms with Crippen LogP contribution in [0.4, 0.5) is 13.2 Å². The lowest BCUT2D eigenvalue weighted by Crippen LogP contribution is -2.41. The Morgan fingerprint density at radius 1 is 1.19 bits per heavy atom. The van der Waals surface area contributed by atoms with E-state index in [1.54, 1.807) is 0 Å². The summed E-state index contributed by atoms with van der Waals surface area (Å²) in [6.45, 7) is 5.91. The normalized spacial score (nSPS) is 26.5. The van der Waals surface area contributed by atoms with E-state index < -0.39 is 12.7 Å². The Balaban J connectivity index is 0.00000243. The maximum atomic E-state index is 12.5. The van der Waals surface area contributed by atoms with Gasteiger partial charge in [-0.05, 0) is 50.5 Å². The number of hydrogen-bond acceptors (Lipinski definition) is 2. The number of guanidine groups is 1. The predicted molar refractivity (Wildman–Crippen MR) is 109 cm³/mol. The highest BCUT2D eigenvalue weighted by atomic mass is 127. The van der Waals surface area contributed by atoms with Crippen LogP contribution in [0, 0.1) is 11.3 Å². The van der Waals surface area contributed by atoms with Crippen LogP contribution in [0.3, 0.4) is 0 Å². The zero-order valence-electron chi connectivity index (χ0n) is 15.7. The Kier molecular flexibility index (Phi) is 7.88. The molecule has 2 aliphatic heterocycles. The number of rotatable bonds is 4. The number of likely N-dealkylation sites (tertiary alicyclic amines) is 2. The topological polar surface area (TPSA) is 30.9 Å². The largest absolute Gasteiger partial charge is 0.401 e. The molecule has 1 atom stereocenters. The average molecular weight is 488 g/mol. The molecule has 1 saturated carbocycles. The Labute approximate surface area is 172 Å². The van der Waals surface area contributed by atoms with Crippen LogP contribution in [0.2, 0.25) is 0 Å². The number of halogens is 4. The molecule has 1 N–H and O–H groups in total. The van der Waals surface area contributed by atoms with Crippen LogP contribution in [0.1, 0.15) is 45.4 Å². The lowest BCUT2D eigenvalue weighted by atomic mass is 9.86. The maximum absolute atomic E-state index is 12.5. The van der Waals surface area contributed by atoms with Gasteiger partial charge in [0.1, 0.15) is 0 Å². The van der Waals surface area contributed by atoms with Gasteiger partial charge in [-0.25, -0.2) is 0 Å². The molecule has 8 heteroatoms. The third kappa shape index (κ3) is 5.87. The molecule has 0 aromatic heterocycles. The molecule has 1 aliphatic carbocycles. The second-order valence-corrected chi connectivity index (χ2v) is 8.08. The molecule has 0 amide bonds. The molecule has 3 fully saturated rings. The minimum Gasteiger partial charge on any atom is -0.357 e. The average Bonchev–Trinajstić information content (AvgIpc) is 3.26. The summed E-state index contributed by atoms with van der Waals surface area (Å²) in [5.41, 5.74) is 0.493. The fraction of sp³-hybridized carbons (Fsp3) is 0.944. The molecule has 3 aliphatic rings. The van der Waals surface area contributed by atoms with Crippen LogP contribution in [0.25, 0.3) is 0 Å². The van der Waals surface area contributed by atoms with Gasteiger partial charge in [-0.2, -0.15) is 13.2 Å². The van der Waals surface area contributed by atoms with E-state index in [4.69, 9.17) is 4.99 Å². The standard InChI is InChI=1S/C18H31F3N4.HI/c1-2-22-16(25-10-8-17(13-25)6-3-4-7-17)23-11-15-5-9-24(12-15)14-18(19,20)21;/h15H,2-14H2,1H3,(H,22,23);1H. The van der Waals surface area contributed by atoms with Crippen molar-refractivity contribution in [3.8, 4) is 0 Å². The Morgan fingerprint density at radius 2 is 1.92 bits per heavy atom. The van der Waals surface area contributed by atoms with Gasteiger partial charge in [0.05, 0.1) is 6.54 Å². The first kappa shape index (κ1) is 22.0. The van der Waals surface area contributed by atoms with Crippen molar-refractivity contribution >= 4 is 29.9 Å². The number of alkyl halides is 3. The van der Waals surface area contributed by atoms with Crippen molar-refractivity contribution in [1.82, 2.24) is 15.1 Å². The molecule has 0 aromatic carbocycles. The highest BCUT2D eigenvalue weighted by Gasteiger charge is 2.41. The van der Waals surface area contributed by atoms with Gasteiger partial charge in [0.15, 0.2) is 5.96 Å². The molecule has 1 spiro atoms. The van der Waals surface area contributed by atoms with Gasteiger partial charge in [0.25, 0.3) is 0 Å². The number of nitrogens with one attached hydrogen (secondary N) is 1. The molecule has 26 heavy (non-hydrogen) atoms. The van der Waals surface area contributed by atoms with Crippen LogP contribution in [-0.2, 0) is 0 Å². The Bertz CT molecular complexity index is 478.